The number of aromatic nitrogens is 1. The highest BCUT2D eigenvalue weighted by Gasteiger charge is 2.30. The average molecular weight is 507 g/mol. The van der Waals surface area contributed by atoms with Crippen molar-refractivity contribution in [2.75, 3.05) is 19.8 Å². The molecular weight excluding hydrogens is 472 g/mol. The Morgan fingerprint density at radius 3 is 2.17 bits per heavy atom. The summed E-state index contributed by atoms with van der Waals surface area (Å²) < 4.78 is 0. The molecule has 3 amide bonds. The number of carbonyl (C=O) groups excluding carboxylic acids is 3. The van der Waals surface area contributed by atoms with Crippen LogP contribution in [0.3, 0.4) is 0 Å². The second kappa shape index (κ2) is 14.1. The van der Waals surface area contributed by atoms with E-state index in [1.54, 1.807) is 6.20 Å². The summed E-state index contributed by atoms with van der Waals surface area (Å²) in [5.74, 6) is -3.73. The van der Waals surface area contributed by atoms with Gasteiger partial charge < -0.3 is 47.7 Å². The van der Waals surface area contributed by atoms with E-state index >= 15 is 0 Å². The van der Waals surface area contributed by atoms with Crippen molar-refractivity contribution in [3.8, 4) is 0 Å². The molecule has 11 N–H and O–H groups in total. The van der Waals surface area contributed by atoms with Crippen LogP contribution in [-0.2, 0) is 25.6 Å². The Morgan fingerprint density at radius 1 is 0.889 bits per heavy atom. The van der Waals surface area contributed by atoms with Crippen LogP contribution < -0.4 is 27.4 Å². The summed E-state index contributed by atoms with van der Waals surface area (Å²) >= 11 is 0. The zero-order chi connectivity index (χ0) is 26.7. The third-order valence-electron chi connectivity index (χ3n) is 5.64. The molecule has 1 heterocycles. The number of aromatic amines is 1. The fourth-order valence-corrected chi connectivity index (χ4v) is 3.58. The number of amides is 3. The van der Waals surface area contributed by atoms with Gasteiger partial charge in [0.1, 0.15) is 24.2 Å². The van der Waals surface area contributed by atoms with Crippen LogP contribution in [0.2, 0.25) is 0 Å². The molecule has 0 bridgehead atoms. The normalized spacial score (nSPS) is 14.4. The molecule has 4 atom stereocenters. The molecule has 2 rings (SSSR count). The van der Waals surface area contributed by atoms with E-state index in [0.717, 1.165) is 10.9 Å². The minimum Gasteiger partial charge on any atom is -0.480 e. The number of hydrogen-bond donors (Lipinski definition) is 9. The van der Waals surface area contributed by atoms with Crippen LogP contribution in [0.4, 0.5) is 0 Å². The van der Waals surface area contributed by atoms with E-state index in [2.05, 4.69) is 20.9 Å². The van der Waals surface area contributed by atoms with E-state index in [4.69, 9.17) is 16.6 Å². The first-order valence-electron chi connectivity index (χ1n) is 11.6. The van der Waals surface area contributed by atoms with Gasteiger partial charge in [0.15, 0.2) is 0 Å². The largest absolute Gasteiger partial charge is 0.480 e. The van der Waals surface area contributed by atoms with Crippen molar-refractivity contribution < 1.29 is 34.5 Å². The molecule has 13 heteroatoms. The Kier molecular flexibility index (Phi) is 11.3. The van der Waals surface area contributed by atoms with Crippen LogP contribution >= 0.6 is 0 Å². The first-order chi connectivity index (χ1) is 17.2. The van der Waals surface area contributed by atoms with Crippen molar-refractivity contribution in [3.63, 3.8) is 0 Å². The molecule has 0 radical (unpaired) electrons. The first kappa shape index (κ1) is 28.7. The minimum absolute atomic E-state index is 0.0337. The number of benzene rings is 1. The van der Waals surface area contributed by atoms with Gasteiger partial charge in [-0.2, -0.15) is 0 Å². The van der Waals surface area contributed by atoms with Gasteiger partial charge in [-0.25, -0.2) is 4.79 Å². The Hall–Kier alpha value is -3.52. The maximum atomic E-state index is 12.8. The lowest BCUT2D eigenvalue weighted by Gasteiger charge is -2.24. The number of unbranched alkanes of at least 4 members (excludes halogenated alkanes) is 1. The molecular formula is C23H34N6O7. The number of hydrogen-bond acceptors (Lipinski definition) is 8. The number of H-pyrrole nitrogens is 1. The lowest BCUT2D eigenvalue weighted by molar-refractivity contribution is -0.142. The zero-order valence-corrected chi connectivity index (χ0v) is 19.8. The number of rotatable bonds is 15. The number of carboxylic acids is 1. The van der Waals surface area contributed by atoms with Gasteiger partial charge in [-0.3, -0.25) is 14.4 Å². The summed E-state index contributed by atoms with van der Waals surface area (Å²) in [5, 5.41) is 36.3. The van der Waals surface area contributed by atoms with Gasteiger partial charge in [-0.15, -0.1) is 0 Å². The lowest BCUT2D eigenvalue weighted by Crippen LogP contribution is -2.58. The molecule has 13 nitrogen and oxygen atoms in total. The second-order valence-corrected chi connectivity index (χ2v) is 8.34. The van der Waals surface area contributed by atoms with Crippen molar-refractivity contribution >= 4 is 34.6 Å². The Labute approximate surface area is 207 Å². The monoisotopic (exact) mass is 506 g/mol. The van der Waals surface area contributed by atoms with E-state index in [1.807, 2.05) is 24.3 Å². The second-order valence-electron chi connectivity index (χ2n) is 8.34. The lowest BCUT2D eigenvalue weighted by atomic mass is 10.0. The number of carbonyl (C=O) groups is 4. The van der Waals surface area contributed by atoms with Crippen molar-refractivity contribution in [1.29, 1.82) is 0 Å². The summed E-state index contributed by atoms with van der Waals surface area (Å²) in [5.41, 5.74) is 12.5. The smallest absolute Gasteiger partial charge is 0.326 e. The van der Waals surface area contributed by atoms with Crippen molar-refractivity contribution in [3.05, 3.63) is 36.0 Å². The molecule has 0 aliphatic rings. The van der Waals surface area contributed by atoms with Gasteiger partial charge in [0.25, 0.3) is 0 Å². The number of aliphatic hydroxyl groups excluding tert-OH is 2. The molecule has 1 aromatic heterocycles. The Bertz CT molecular complexity index is 1040. The molecule has 0 fully saturated rings. The number of nitrogens with one attached hydrogen (secondary N) is 4. The van der Waals surface area contributed by atoms with Gasteiger partial charge in [-0.1, -0.05) is 18.2 Å². The average Bonchev–Trinajstić information content (AvgIpc) is 3.28. The SMILES string of the molecule is NCCCCC(NC(=O)C(N)CO)C(=O)NC(CO)C(=O)NC(Cc1c[nH]c2ccccc12)C(=O)O. The summed E-state index contributed by atoms with van der Waals surface area (Å²) in [4.78, 5) is 52.5. The van der Waals surface area contributed by atoms with Crippen LogP contribution in [0.1, 0.15) is 24.8 Å². The zero-order valence-electron chi connectivity index (χ0n) is 19.8. The molecule has 0 saturated carbocycles. The number of aliphatic hydroxyl groups is 2. The summed E-state index contributed by atoms with van der Waals surface area (Å²) in [7, 11) is 0. The number of para-hydroxylation sites is 1. The van der Waals surface area contributed by atoms with E-state index in [1.165, 1.54) is 0 Å². The molecule has 0 aliphatic heterocycles. The van der Waals surface area contributed by atoms with Crippen LogP contribution in [-0.4, -0.2) is 87.9 Å². The van der Waals surface area contributed by atoms with Gasteiger partial charge in [-0.05, 0) is 37.4 Å². The highest BCUT2D eigenvalue weighted by Crippen LogP contribution is 2.19. The van der Waals surface area contributed by atoms with Crippen molar-refractivity contribution in [2.24, 2.45) is 11.5 Å². The van der Waals surface area contributed by atoms with Gasteiger partial charge >= 0.3 is 5.97 Å². The number of aliphatic carboxylic acids is 1. The highest BCUT2D eigenvalue weighted by molar-refractivity contribution is 5.94. The Morgan fingerprint density at radius 2 is 1.53 bits per heavy atom. The molecule has 36 heavy (non-hydrogen) atoms. The van der Waals surface area contributed by atoms with E-state index in [-0.39, 0.29) is 12.8 Å². The summed E-state index contributed by atoms with van der Waals surface area (Å²) in [6.45, 7) is -1.07. The maximum absolute atomic E-state index is 12.8. The highest BCUT2D eigenvalue weighted by atomic mass is 16.4. The van der Waals surface area contributed by atoms with Crippen molar-refractivity contribution in [2.45, 2.75) is 49.9 Å². The van der Waals surface area contributed by atoms with E-state index < -0.39 is 61.1 Å². The van der Waals surface area contributed by atoms with Crippen molar-refractivity contribution in [1.82, 2.24) is 20.9 Å². The quantitative estimate of drug-likeness (QED) is 0.118. The fourth-order valence-electron chi connectivity index (χ4n) is 3.58. The molecule has 1 aromatic carbocycles. The third kappa shape index (κ3) is 8.02. The molecule has 0 spiro atoms. The van der Waals surface area contributed by atoms with Gasteiger partial charge in [0.2, 0.25) is 17.7 Å². The summed E-state index contributed by atoms with van der Waals surface area (Å²) in [6, 6.07) is 2.14. The molecule has 0 saturated heterocycles. The van der Waals surface area contributed by atoms with Crippen LogP contribution in [0.5, 0.6) is 0 Å². The van der Waals surface area contributed by atoms with Gasteiger partial charge in [0.05, 0.1) is 13.2 Å². The van der Waals surface area contributed by atoms with Crippen LogP contribution in [0, 0.1) is 0 Å². The number of carboxylic acid groups (broad SMARTS) is 1. The fraction of sp³-hybridized carbons (Fsp3) is 0.478. The summed E-state index contributed by atoms with van der Waals surface area (Å²) in [6.07, 6.45) is 2.84. The maximum Gasteiger partial charge on any atom is 0.326 e. The third-order valence-corrected chi connectivity index (χ3v) is 5.64. The number of fused-ring (bicyclic) bond motifs is 1. The Balaban J connectivity index is 2.08. The molecule has 0 aliphatic carbocycles. The van der Waals surface area contributed by atoms with Crippen LogP contribution in [0.15, 0.2) is 30.5 Å². The van der Waals surface area contributed by atoms with Gasteiger partial charge in [0, 0.05) is 23.5 Å². The standard InChI is InChI=1S/C23H34N6O7/c24-8-4-3-7-17(27-20(32)15(25)11-30)21(33)29-19(12-31)22(34)28-18(23(35)36)9-13-10-26-16-6-2-1-5-14(13)16/h1-2,5-6,10,15,17-19,26,30-31H,3-4,7-9,11-12,24-25H2,(H,27,32)(H,28,34)(H,29,33)(H,35,36). The first-order valence-corrected chi connectivity index (χ1v) is 11.6. The predicted molar refractivity (Wildman–Crippen MR) is 130 cm³/mol. The number of nitrogens with two attached hydrogens (primary N) is 2. The molecule has 198 valence electrons. The van der Waals surface area contributed by atoms with E-state index in [9.17, 15) is 29.4 Å². The topological polar surface area (TPSA) is 233 Å². The van der Waals surface area contributed by atoms with Crippen LogP contribution in [0.25, 0.3) is 10.9 Å². The molecule has 2 aromatic rings. The molecule has 4 unspecified atom stereocenters. The minimum atomic E-state index is -1.47. The predicted octanol–water partition coefficient (Wildman–Crippen LogP) is -2.31. The van der Waals surface area contributed by atoms with E-state index in [0.29, 0.717) is 24.9 Å².